The van der Waals surface area contributed by atoms with Crippen LogP contribution in [0.25, 0.3) is 11.1 Å². The Kier molecular flexibility index (Phi) is 5.75. The molecule has 0 N–H and O–H groups in total. The van der Waals surface area contributed by atoms with Gasteiger partial charge in [-0.2, -0.15) is 0 Å². The number of ether oxygens (including phenoxy) is 1. The molecule has 6 heteroatoms. The smallest absolute Gasteiger partial charge is 0.253 e. The van der Waals surface area contributed by atoms with Gasteiger partial charge in [0, 0.05) is 49.8 Å². The summed E-state index contributed by atoms with van der Waals surface area (Å²) in [5.74, 6) is 0.0746. The molecule has 0 unspecified atom stereocenters. The van der Waals surface area contributed by atoms with Gasteiger partial charge in [-0.1, -0.05) is 12.1 Å². The predicted octanol–water partition coefficient (Wildman–Crippen LogP) is 2.47. The summed E-state index contributed by atoms with van der Waals surface area (Å²) in [6, 6.07) is 7.72. The Balaban J connectivity index is 1.47. The molecule has 1 amide bonds. The number of hydrogen-bond acceptors (Lipinski definition) is 5. The third kappa shape index (κ3) is 4.51. The second kappa shape index (κ2) is 8.59. The number of hydrogen-bond donors (Lipinski definition) is 0. The number of carbonyl (C=O) groups excluding carboxylic acids is 1. The monoisotopic (exact) mass is 366 g/mol. The zero-order valence-electron chi connectivity index (χ0n) is 15.6. The Morgan fingerprint density at radius 2 is 1.89 bits per heavy atom. The fourth-order valence-corrected chi connectivity index (χ4v) is 3.91. The van der Waals surface area contributed by atoms with Gasteiger partial charge in [-0.3, -0.25) is 4.79 Å². The summed E-state index contributed by atoms with van der Waals surface area (Å²) in [4.78, 5) is 25.7. The number of aromatic nitrogens is 2. The largest absolute Gasteiger partial charge is 0.375 e. The summed E-state index contributed by atoms with van der Waals surface area (Å²) in [5.41, 5.74) is 2.58. The number of carbonyl (C=O) groups is 1. The molecule has 2 aromatic rings. The van der Waals surface area contributed by atoms with Crippen molar-refractivity contribution in [1.82, 2.24) is 19.8 Å². The van der Waals surface area contributed by atoms with E-state index >= 15 is 0 Å². The molecule has 0 aliphatic carbocycles. The maximum absolute atomic E-state index is 13.1. The lowest BCUT2D eigenvalue weighted by Gasteiger charge is -2.27. The number of nitrogens with zero attached hydrogens (tertiary/aromatic N) is 4. The van der Waals surface area contributed by atoms with E-state index in [4.69, 9.17) is 4.74 Å². The van der Waals surface area contributed by atoms with E-state index in [1.807, 2.05) is 29.2 Å². The molecule has 2 saturated heterocycles. The normalized spacial score (nSPS) is 21.2. The molecule has 1 aromatic heterocycles. The van der Waals surface area contributed by atoms with E-state index in [-0.39, 0.29) is 12.0 Å². The molecule has 2 fully saturated rings. The summed E-state index contributed by atoms with van der Waals surface area (Å²) in [7, 11) is 0. The predicted molar refractivity (Wildman–Crippen MR) is 103 cm³/mol. The first-order valence-electron chi connectivity index (χ1n) is 9.78. The molecule has 0 saturated carbocycles. The Bertz CT molecular complexity index is 762. The SMILES string of the molecule is O=C(c1cccc(-c2cncnc2)c1)N1CCCO[C@@H](CN2CCCC2)C1. The Labute approximate surface area is 160 Å². The van der Waals surface area contributed by atoms with Crippen molar-refractivity contribution < 1.29 is 9.53 Å². The quantitative estimate of drug-likeness (QED) is 0.832. The van der Waals surface area contributed by atoms with E-state index < -0.39 is 0 Å². The summed E-state index contributed by atoms with van der Waals surface area (Å²) < 4.78 is 6.02. The highest BCUT2D eigenvalue weighted by Crippen LogP contribution is 2.20. The molecule has 0 radical (unpaired) electrons. The van der Waals surface area contributed by atoms with Crippen molar-refractivity contribution in [2.24, 2.45) is 0 Å². The zero-order valence-corrected chi connectivity index (χ0v) is 15.6. The van der Waals surface area contributed by atoms with E-state index in [2.05, 4.69) is 14.9 Å². The van der Waals surface area contributed by atoms with Gasteiger partial charge in [0.2, 0.25) is 0 Å². The van der Waals surface area contributed by atoms with Crippen LogP contribution in [0.1, 0.15) is 29.6 Å². The highest BCUT2D eigenvalue weighted by molar-refractivity contribution is 5.95. The molecule has 2 aliphatic rings. The minimum absolute atomic E-state index is 0.0746. The van der Waals surface area contributed by atoms with Crippen molar-refractivity contribution in [3.63, 3.8) is 0 Å². The fraction of sp³-hybridized carbons (Fsp3) is 0.476. The lowest BCUT2D eigenvalue weighted by Crippen LogP contribution is -2.41. The fourth-order valence-electron chi connectivity index (χ4n) is 3.91. The summed E-state index contributed by atoms with van der Waals surface area (Å²) in [5, 5.41) is 0. The van der Waals surface area contributed by atoms with Gasteiger partial charge in [0.15, 0.2) is 0 Å². The first kappa shape index (κ1) is 18.1. The molecule has 0 spiro atoms. The lowest BCUT2D eigenvalue weighted by molar-refractivity contribution is 0.0297. The van der Waals surface area contributed by atoms with Crippen LogP contribution in [0, 0.1) is 0 Å². The maximum atomic E-state index is 13.1. The molecule has 3 heterocycles. The molecule has 2 aliphatic heterocycles. The molecular formula is C21H26N4O2. The van der Waals surface area contributed by atoms with Gasteiger partial charge in [0.1, 0.15) is 6.33 Å². The molecule has 4 rings (SSSR count). The van der Waals surface area contributed by atoms with E-state index in [0.717, 1.165) is 50.3 Å². The molecule has 1 atom stereocenters. The highest BCUT2D eigenvalue weighted by atomic mass is 16.5. The van der Waals surface area contributed by atoms with Gasteiger partial charge >= 0.3 is 0 Å². The lowest BCUT2D eigenvalue weighted by atomic mass is 10.0. The molecule has 0 bridgehead atoms. The van der Waals surface area contributed by atoms with Crippen LogP contribution in [0.15, 0.2) is 43.0 Å². The average Bonchev–Trinajstić information content (AvgIpc) is 3.12. The maximum Gasteiger partial charge on any atom is 0.253 e. The third-order valence-electron chi connectivity index (χ3n) is 5.30. The third-order valence-corrected chi connectivity index (χ3v) is 5.30. The van der Waals surface area contributed by atoms with Crippen LogP contribution in [0.5, 0.6) is 0 Å². The Morgan fingerprint density at radius 1 is 1.07 bits per heavy atom. The average molecular weight is 366 g/mol. The molecule has 27 heavy (non-hydrogen) atoms. The topological polar surface area (TPSA) is 58.6 Å². The van der Waals surface area contributed by atoms with Crippen LogP contribution in [-0.4, -0.2) is 71.1 Å². The number of benzene rings is 1. The number of rotatable bonds is 4. The van der Waals surface area contributed by atoms with E-state index in [9.17, 15) is 4.79 Å². The van der Waals surface area contributed by atoms with Crippen LogP contribution in [0.4, 0.5) is 0 Å². The zero-order chi connectivity index (χ0) is 18.5. The standard InChI is InChI=1S/C21H26N4O2/c26-21(18-6-3-5-17(11-18)19-12-22-16-23-13-19)25-9-4-10-27-20(15-25)14-24-7-1-2-8-24/h3,5-6,11-13,16,20H,1-2,4,7-10,14-15H2/t20-/m0/s1. The van der Waals surface area contributed by atoms with Crippen LogP contribution in [0.2, 0.25) is 0 Å². The van der Waals surface area contributed by atoms with Crippen LogP contribution < -0.4 is 0 Å². The van der Waals surface area contributed by atoms with Crippen molar-refractivity contribution in [1.29, 1.82) is 0 Å². The Hall–Kier alpha value is -2.31. The van der Waals surface area contributed by atoms with Crippen LogP contribution in [0.3, 0.4) is 0 Å². The van der Waals surface area contributed by atoms with Crippen molar-refractivity contribution in [3.05, 3.63) is 48.5 Å². The number of amides is 1. The molecular weight excluding hydrogens is 340 g/mol. The van der Waals surface area contributed by atoms with Gasteiger partial charge in [0.05, 0.1) is 6.10 Å². The summed E-state index contributed by atoms with van der Waals surface area (Å²) in [6.07, 6.45) is 8.56. The Morgan fingerprint density at radius 3 is 2.70 bits per heavy atom. The summed E-state index contributed by atoms with van der Waals surface area (Å²) in [6.45, 7) is 5.35. The van der Waals surface area contributed by atoms with Crippen molar-refractivity contribution in [2.45, 2.75) is 25.4 Å². The van der Waals surface area contributed by atoms with Crippen molar-refractivity contribution >= 4 is 5.91 Å². The first-order chi connectivity index (χ1) is 13.3. The van der Waals surface area contributed by atoms with Crippen LogP contribution in [-0.2, 0) is 4.74 Å². The minimum Gasteiger partial charge on any atom is -0.375 e. The second-order valence-electron chi connectivity index (χ2n) is 7.31. The molecule has 6 nitrogen and oxygen atoms in total. The van der Waals surface area contributed by atoms with Gasteiger partial charge in [0.25, 0.3) is 5.91 Å². The van der Waals surface area contributed by atoms with Gasteiger partial charge in [-0.25, -0.2) is 9.97 Å². The van der Waals surface area contributed by atoms with Crippen molar-refractivity contribution in [2.75, 3.05) is 39.3 Å². The summed E-state index contributed by atoms with van der Waals surface area (Å²) >= 11 is 0. The van der Waals surface area contributed by atoms with Gasteiger partial charge < -0.3 is 14.5 Å². The minimum atomic E-state index is 0.0746. The molecule has 1 aromatic carbocycles. The van der Waals surface area contributed by atoms with E-state index in [1.165, 1.54) is 19.2 Å². The first-order valence-corrected chi connectivity index (χ1v) is 9.78. The molecule has 142 valence electrons. The second-order valence-corrected chi connectivity index (χ2v) is 7.31. The van der Waals surface area contributed by atoms with Gasteiger partial charge in [-0.05, 0) is 50.0 Å². The van der Waals surface area contributed by atoms with Gasteiger partial charge in [-0.15, -0.1) is 0 Å². The number of likely N-dealkylation sites (tertiary alicyclic amines) is 1. The highest BCUT2D eigenvalue weighted by Gasteiger charge is 2.26. The van der Waals surface area contributed by atoms with E-state index in [0.29, 0.717) is 12.1 Å². The van der Waals surface area contributed by atoms with E-state index in [1.54, 1.807) is 12.4 Å². The van der Waals surface area contributed by atoms with Crippen molar-refractivity contribution in [3.8, 4) is 11.1 Å². The van der Waals surface area contributed by atoms with Crippen LogP contribution >= 0.6 is 0 Å².